The first-order valence-corrected chi connectivity index (χ1v) is 12.1. The van der Waals surface area contributed by atoms with E-state index in [0.29, 0.717) is 17.5 Å². The van der Waals surface area contributed by atoms with E-state index in [1.807, 2.05) is 6.92 Å². The molecule has 1 aromatic rings. The van der Waals surface area contributed by atoms with Gasteiger partial charge >= 0.3 is 0 Å². The molecule has 1 heterocycles. The molecule has 0 aromatic heterocycles. The van der Waals surface area contributed by atoms with E-state index < -0.39 is 10.1 Å². The van der Waals surface area contributed by atoms with Gasteiger partial charge in [-0.25, -0.2) is 8.42 Å². The molecule has 1 aliphatic heterocycles. The zero-order valence-corrected chi connectivity index (χ0v) is 16.7. The van der Waals surface area contributed by atoms with Gasteiger partial charge in [-0.15, -0.1) is 0 Å². The first-order chi connectivity index (χ1) is 12.3. The summed E-state index contributed by atoms with van der Waals surface area (Å²) in [5.74, 6) is 4.00. The zero-order chi connectivity index (χ0) is 19.2. The average molecular weight is 399 g/mol. The minimum atomic E-state index is -4.27. The van der Waals surface area contributed by atoms with Crippen LogP contribution in [0.25, 0.3) is 0 Å². The largest absolute Gasteiger partial charge is 0.744 e. The molecule has 1 saturated carbocycles. The van der Waals surface area contributed by atoms with Crippen molar-refractivity contribution in [3.63, 3.8) is 0 Å². The fraction of sp³-hybridized carbons (Fsp3) is 0.579. The van der Waals surface area contributed by atoms with Crippen LogP contribution in [-0.2, 0) is 30.6 Å². The summed E-state index contributed by atoms with van der Waals surface area (Å²) in [6.07, 6.45) is 6.16. The Balaban J connectivity index is 0.000000197. The Kier molecular flexibility index (Phi) is 7.85. The third-order valence-corrected chi connectivity index (χ3v) is 7.91. The summed E-state index contributed by atoms with van der Waals surface area (Å²) in [6, 6.07) is 5.78. The molecular weight excluding hydrogens is 372 g/mol. The van der Waals surface area contributed by atoms with Gasteiger partial charge in [0, 0.05) is 5.92 Å². The van der Waals surface area contributed by atoms with Gasteiger partial charge in [0.05, 0.1) is 17.7 Å². The Hall–Kier alpha value is -1.18. The molecule has 1 aliphatic carbocycles. The number of hydrogen-bond acceptors (Lipinski definition) is 5. The van der Waals surface area contributed by atoms with Gasteiger partial charge in [-0.05, 0) is 42.8 Å². The molecule has 5 nitrogen and oxygen atoms in total. The van der Waals surface area contributed by atoms with E-state index in [0.717, 1.165) is 48.5 Å². The van der Waals surface area contributed by atoms with Crippen LogP contribution >= 0.6 is 0 Å². The Morgan fingerprint density at radius 3 is 2.15 bits per heavy atom. The van der Waals surface area contributed by atoms with Gasteiger partial charge in [-0.1, -0.05) is 30.5 Å². The second kappa shape index (κ2) is 9.67. The van der Waals surface area contributed by atoms with Crippen molar-refractivity contribution in [3.05, 3.63) is 29.8 Å². The summed E-state index contributed by atoms with van der Waals surface area (Å²) in [5, 5.41) is 0. The lowest BCUT2D eigenvalue weighted by Crippen LogP contribution is -2.31. The molecule has 1 aromatic carbocycles. The number of carbonyl (C=O) groups is 2. The standard InChI is InChI=1S/C12H19O2S.C7H8O3S/c13-11-5-7-15(8-6-11)9-12(14)10-3-1-2-4-10;1-6-2-4-7(5-3-6)11(8,9)10/h10H,1-9H2;2-5H,1H3,(H,8,9,10)/q+1;/p-1. The lowest BCUT2D eigenvalue weighted by atomic mass is 10.0. The Morgan fingerprint density at radius 1 is 1.12 bits per heavy atom. The maximum atomic E-state index is 11.9. The van der Waals surface area contributed by atoms with Gasteiger partial charge in [-0.2, -0.15) is 0 Å². The molecule has 144 valence electrons. The number of hydrogen-bond donors (Lipinski definition) is 0. The van der Waals surface area contributed by atoms with E-state index in [1.54, 1.807) is 12.1 Å². The smallest absolute Gasteiger partial charge is 0.184 e. The molecule has 1 saturated heterocycles. The average Bonchev–Trinajstić information content (AvgIpc) is 3.12. The highest BCUT2D eigenvalue weighted by molar-refractivity contribution is 7.97. The van der Waals surface area contributed by atoms with E-state index in [9.17, 15) is 22.6 Å². The second-order valence-electron chi connectivity index (χ2n) is 6.92. The Morgan fingerprint density at radius 2 is 1.65 bits per heavy atom. The van der Waals surface area contributed by atoms with E-state index in [-0.39, 0.29) is 15.8 Å². The molecule has 2 aliphatic rings. The molecule has 0 radical (unpaired) electrons. The van der Waals surface area contributed by atoms with Crippen molar-refractivity contribution in [1.29, 1.82) is 0 Å². The predicted octanol–water partition coefficient (Wildman–Crippen LogP) is 2.63. The number of rotatable bonds is 4. The highest BCUT2D eigenvalue weighted by atomic mass is 32.2. The molecule has 26 heavy (non-hydrogen) atoms. The monoisotopic (exact) mass is 398 g/mol. The normalized spacial score (nSPS) is 19.1. The molecule has 0 atom stereocenters. The maximum Gasteiger partial charge on any atom is 0.184 e. The fourth-order valence-corrected chi connectivity index (χ4v) is 5.79. The summed E-state index contributed by atoms with van der Waals surface area (Å²) in [6.45, 7) is 1.82. The Labute approximate surface area is 158 Å². The van der Waals surface area contributed by atoms with Crippen LogP contribution in [0.5, 0.6) is 0 Å². The van der Waals surface area contributed by atoms with Crippen LogP contribution in [0.4, 0.5) is 0 Å². The minimum absolute atomic E-state index is 0.178. The predicted molar refractivity (Wildman–Crippen MR) is 102 cm³/mol. The van der Waals surface area contributed by atoms with E-state index in [1.165, 1.54) is 25.0 Å². The van der Waals surface area contributed by atoms with E-state index in [4.69, 9.17) is 0 Å². The van der Waals surface area contributed by atoms with E-state index in [2.05, 4.69) is 0 Å². The van der Waals surface area contributed by atoms with Crippen LogP contribution in [0, 0.1) is 12.8 Å². The molecule has 0 bridgehead atoms. The summed E-state index contributed by atoms with van der Waals surface area (Å²) >= 11 is 0. The van der Waals surface area contributed by atoms with Crippen molar-refractivity contribution in [2.75, 3.05) is 17.3 Å². The number of benzene rings is 1. The minimum Gasteiger partial charge on any atom is -0.744 e. The van der Waals surface area contributed by atoms with Crippen LogP contribution in [0.1, 0.15) is 44.1 Å². The third-order valence-electron chi connectivity index (χ3n) is 4.81. The molecule has 2 fully saturated rings. The van der Waals surface area contributed by atoms with Crippen LogP contribution in [0.15, 0.2) is 29.2 Å². The molecule has 0 spiro atoms. The van der Waals surface area contributed by atoms with Crippen molar-refractivity contribution < 1.29 is 22.6 Å². The van der Waals surface area contributed by atoms with Crippen molar-refractivity contribution in [2.24, 2.45) is 5.92 Å². The SMILES string of the molecule is Cc1ccc(S(=O)(=O)[O-])cc1.O=C1CC[S+](CC(=O)C2CCCC2)CC1. The quantitative estimate of drug-likeness (QED) is 0.574. The summed E-state index contributed by atoms with van der Waals surface area (Å²) < 4.78 is 31.2. The van der Waals surface area contributed by atoms with Gasteiger partial charge in [0.1, 0.15) is 27.4 Å². The third kappa shape index (κ3) is 6.85. The maximum absolute atomic E-state index is 11.9. The number of Topliss-reactive ketones (excluding diaryl/α,β-unsaturated/α-hetero) is 2. The summed E-state index contributed by atoms with van der Waals surface area (Å²) in [4.78, 5) is 22.8. The fourth-order valence-electron chi connectivity index (χ4n) is 3.16. The highest BCUT2D eigenvalue weighted by Crippen LogP contribution is 2.26. The van der Waals surface area contributed by atoms with Crippen molar-refractivity contribution in [1.82, 2.24) is 0 Å². The molecular formula is C19H26O5S2. The zero-order valence-electron chi connectivity index (χ0n) is 15.1. The molecule has 0 amide bonds. The van der Waals surface area contributed by atoms with Crippen LogP contribution < -0.4 is 0 Å². The van der Waals surface area contributed by atoms with Crippen molar-refractivity contribution in [3.8, 4) is 0 Å². The van der Waals surface area contributed by atoms with Crippen LogP contribution in [0.3, 0.4) is 0 Å². The van der Waals surface area contributed by atoms with Gasteiger partial charge in [0.15, 0.2) is 11.5 Å². The molecule has 0 N–H and O–H groups in total. The van der Waals surface area contributed by atoms with Gasteiger partial charge in [0.25, 0.3) is 0 Å². The molecule has 3 rings (SSSR count). The van der Waals surface area contributed by atoms with Crippen LogP contribution in [-0.4, -0.2) is 41.8 Å². The summed E-state index contributed by atoms with van der Waals surface area (Å²) in [7, 11) is -4.03. The Bertz CT molecular complexity index is 709. The lowest BCUT2D eigenvalue weighted by Gasteiger charge is -2.14. The number of carbonyl (C=O) groups excluding carboxylic acids is 2. The van der Waals surface area contributed by atoms with E-state index >= 15 is 0 Å². The number of aryl methyl sites for hydroxylation is 1. The first kappa shape index (κ1) is 21.1. The van der Waals surface area contributed by atoms with Gasteiger partial charge in [0.2, 0.25) is 0 Å². The topological polar surface area (TPSA) is 91.3 Å². The first-order valence-electron chi connectivity index (χ1n) is 8.97. The van der Waals surface area contributed by atoms with Gasteiger partial charge < -0.3 is 4.55 Å². The highest BCUT2D eigenvalue weighted by Gasteiger charge is 2.32. The molecule has 0 unspecified atom stereocenters. The van der Waals surface area contributed by atoms with Crippen LogP contribution in [0.2, 0.25) is 0 Å². The lowest BCUT2D eigenvalue weighted by molar-refractivity contribution is -0.120. The second-order valence-corrected chi connectivity index (χ2v) is 10.6. The number of ketones is 2. The van der Waals surface area contributed by atoms with Gasteiger partial charge in [-0.3, -0.25) is 9.59 Å². The van der Waals surface area contributed by atoms with Crippen molar-refractivity contribution >= 4 is 32.6 Å². The van der Waals surface area contributed by atoms with Crippen molar-refractivity contribution in [2.45, 2.75) is 50.3 Å². The summed E-state index contributed by atoms with van der Waals surface area (Å²) in [5.41, 5.74) is 0.928. The molecule has 7 heteroatoms.